The Hall–Kier alpha value is -1.30. The third kappa shape index (κ3) is 2.58. The Bertz CT molecular complexity index is 501. The van der Waals surface area contributed by atoms with Gasteiger partial charge in [0.25, 0.3) is 0 Å². The lowest BCUT2D eigenvalue weighted by Crippen LogP contribution is -2.11. The van der Waals surface area contributed by atoms with Crippen LogP contribution in [0.1, 0.15) is 57.2 Å². The molecule has 1 aliphatic carbocycles. The van der Waals surface area contributed by atoms with E-state index in [4.69, 9.17) is 0 Å². The molecule has 0 aromatic heterocycles. The van der Waals surface area contributed by atoms with Crippen LogP contribution in [-0.2, 0) is 11.8 Å². The molecule has 0 heterocycles. The first-order chi connectivity index (χ1) is 8.40. The summed E-state index contributed by atoms with van der Waals surface area (Å²) in [6.45, 7) is 12.9. The van der Waals surface area contributed by atoms with Gasteiger partial charge in [-0.1, -0.05) is 50.3 Å². The molecule has 1 aromatic carbocycles. The van der Waals surface area contributed by atoms with E-state index in [1.165, 1.54) is 29.6 Å². The van der Waals surface area contributed by atoms with Crippen LogP contribution in [0, 0.1) is 0 Å². The zero-order valence-electron chi connectivity index (χ0n) is 12.1. The minimum Gasteiger partial charge on any atom is -0.0998 e. The molecule has 0 amide bonds. The highest BCUT2D eigenvalue weighted by Gasteiger charge is 2.29. The second kappa shape index (κ2) is 4.76. The molecule has 2 rings (SSSR count). The van der Waals surface area contributed by atoms with Crippen LogP contribution >= 0.6 is 0 Å². The van der Waals surface area contributed by atoms with Crippen molar-refractivity contribution in [2.24, 2.45) is 0 Å². The summed E-state index contributed by atoms with van der Waals surface area (Å²) >= 11 is 0. The molecule has 96 valence electrons. The van der Waals surface area contributed by atoms with E-state index in [-0.39, 0.29) is 0 Å². The average Bonchev–Trinajstić information content (AvgIpc) is 2.62. The van der Waals surface area contributed by atoms with Crippen LogP contribution in [-0.4, -0.2) is 0 Å². The van der Waals surface area contributed by atoms with Gasteiger partial charge in [-0.25, -0.2) is 0 Å². The number of benzene rings is 1. The predicted octanol–water partition coefficient (Wildman–Crippen LogP) is 5.28. The fourth-order valence-corrected chi connectivity index (χ4v) is 2.73. The van der Waals surface area contributed by atoms with Crippen LogP contribution < -0.4 is 0 Å². The SMILES string of the molecule is C=C(C)C/C=C(\C)c1ccc2c(c1)CCC2(C)C. The van der Waals surface area contributed by atoms with Crippen molar-refractivity contribution >= 4 is 5.57 Å². The zero-order valence-corrected chi connectivity index (χ0v) is 12.1. The summed E-state index contributed by atoms with van der Waals surface area (Å²) in [6, 6.07) is 6.99. The van der Waals surface area contributed by atoms with Crippen molar-refractivity contribution in [3.63, 3.8) is 0 Å². The summed E-state index contributed by atoms with van der Waals surface area (Å²) in [5.41, 5.74) is 7.40. The molecule has 0 heteroatoms. The van der Waals surface area contributed by atoms with Crippen LogP contribution in [0.25, 0.3) is 5.57 Å². The molecular formula is C18H24. The molecule has 1 aromatic rings. The van der Waals surface area contributed by atoms with Crippen molar-refractivity contribution in [1.29, 1.82) is 0 Å². The third-order valence-corrected chi connectivity index (χ3v) is 4.07. The van der Waals surface area contributed by atoms with Crippen molar-refractivity contribution in [3.8, 4) is 0 Å². The molecule has 0 bridgehead atoms. The number of allylic oxidation sites excluding steroid dienone is 3. The second-order valence-corrected chi connectivity index (χ2v) is 6.30. The van der Waals surface area contributed by atoms with Gasteiger partial charge in [0.1, 0.15) is 0 Å². The number of hydrogen-bond donors (Lipinski definition) is 0. The largest absolute Gasteiger partial charge is 0.0998 e. The molecule has 0 saturated heterocycles. The van der Waals surface area contributed by atoms with E-state index in [0.717, 1.165) is 6.42 Å². The van der Waals surface area contributed by atoms with Crippen molar-refractivity contribution in [2.45, 2.75) is 52.4 Å². The van der Waals surface area contributed by atoms with E-state index >= 15 is 0 Å². The number of fused-ring (bicyclic) bond motifs is 1. The Kier molecular flexibility index (Phi) is 3.47. The number of hydrogen-bond acceptors (Lipinski definition) is 0. The second-order valence-electron chi connectivity index (χ2n) is 6.30. The molecule has 0 aliphatic heterocycles. The van der Waals surface area contributed by atoms with Crippen molar-refractivity contribution < 1.29 is 0 Å². The van der Waals surface area contributed by atoms with Gasteiger partial charge in [-0.05, 0) is 60.8 Å². The Morgan fingerprint density at radius 2 is 2.06 bits per heavy atom. The van der Waals surface area contributed by atoms with Crippen LogP contribution in [0.3, 0.4) is 0 Å². The Labute approximate surface area is 111 Å². The summed E-state index contributed by atoms with van der Waals surface area (Å²) in [5, 5.41) is 0. The van der Waals surface area contributed by atoms with E-state index < -0.39 is 0 Å². The summed E-state index contributed by atoms with van der Waals surface area (Å²) in [6.07, 6.45) is 5.77. The molecule has 0 unspecified atom stereocenters. The van der Waals surface area contributed by atoms with Gasteiger partial charge in [0.05, 0.1) is 0 Å². The van der Waals surface area contributed by atoms with Crippen molar-refractivity contribution in [1.82, 2.24) is 0 Å². The van der Waals surface area contributed by atoms with Gasteiger partial charge in [0.15, 0.2) is 0 Å². The maximum Gasteiger partial charge on any atom is -0.00977 e. The van der Waals surface area contributed by atoms with Gasteiger partial charge in [-0.15, -0.1) is 0 Å². The highest BCUT2D eigenvalue weighted by Crippen LogP contribution is 2.39. The van der Waals surface area contributed by atoms with Crippen LogP contribution in [0.15, 0.2) is 36.4 Å². The van der Waals surface area contributed by atoms with E-state index in [9.17, 15) is 0 Å². The quantitative estimate of drug-likeness (QED) is 0.630. The van der Waals surface area contributed by atoms with Gasteiger partial charge < -0.3 is 0 Å². The van der Waals surface area contributed by atoms with E-state index in [0.29, 0.717) is 5.41 Å². The number of aryl methyl sites for hydroxylation is 1. The Balaban J connectivity index is 2.28. The Morgan fingerprint density at radius 1 is 1.33 bits per heavy atom. The first kappa shape index (κ1) is 13.1. The highest BCUT2D eigenvalue weighted by atomic mass is 14.3. The minimum absolute atomic E-state index is 0.364. The van der Waals surface area contributed by atoms with Gasteiger partial charge in [-0.3, -0.25) is 0 Å². The van der Waals surface area contributed by atoms with Crippen LogP contribution in [0.4, 0.5) is 0 Å². The fourth-order valence-electron chi connectivity index (χ4n) is 2.73. The van der Waals surface area contributed by atoms with Crippen molar-refractivity contribution in [3.05, 3.63) is 53.1 Å². The van der Waals surface area contributed by atoms with Gasteiger partial charge >= 0.3 is 0 Å². The number of rotatable bonds is 3. The molecule has 0 radical (unpaired) electrons. The zero-order chi connectivity index (χ0) is 13.3. The monoisotopic (exact) mass is 240 g/mol. The van der Waals surface area contributed by atoms with Crippen LogP contribution in [0.2, 0.25) is 0 Å². The van der Waals surface area contributed by atoms with Gasteiger partial charge in [0, 0.05) is 0 Å². The molecule has 0 N–H and O–H groups in total. The van der Waals surface area contributed by atoms with Crippen molar-refractivity contribution in [2.75, 3.05) is 0 Å². The first-order valence-corrected chi connectivity index (χ1v) is 6.85. The van der Waals surface area contributed by atoms with Gasteiger partial charge in [0.2, 0.25) is 0 Å². The molecule has 0 fully saturated rings. The summed E-state index contributed by atoms with van der Waals surface area (Å²) in [5.74, 6) is 0. The smallest absolute Gasteiger partial charge is 0.00977 e. The highest BCUT2D eigenvalue weighted by molar-refractivity contribution is 5.65. The molecule has 0 nitrogen and oxygen atoms in total. The molecule has 0 saturated carbocycles. The first-order valence-electron chi connectivity index (χ1n) is 6.85. The molecular weight excluding hydrogens is 216 g/mol. The lowest BCUT2D eigenvalue weighted by atomic mass is 9.86. The maximum absolute atomic E-state index is 3.95. The normalized spacial score (nSPS) is 17.7. The topological polar surface area (TPSA) is 0 Å². The van der Waals surface area contributed by atoms with Gasteiger partial charge in [-0.2, -0.15) is 0 Å². The lowest BCUT2D eigenvalue weighted by Gasteiger charge is -2.19. The minimum atomic E-state index is 0.364. The average molecular weight is 240 g/mol. The molecule has 1 aliphatic rings. The Morgan fingerprint density at radius 3 is 2.72 bits per heavy atom. The maximum atomic E-state index is 3.95. The lowest BCUT2D eigenvalue weighted by molar-refractivity contribution is 0.522. The van der Waals surface area contributed by atoms with E-state index in [1.807, 2.05) is 0 Å². The molecule has 0 atom stereocenters. The molecule has 0 spiro atoms. The summed E-state index contributed by atoms with van der Waals surface area (Å²) < 4.78 is 0. The fraction of sp³-hybridized carbons (Fsp3) is 0.444. The molecule has 18 heavy (non-hydrogen) atoms. The van der Waals surface area contributed by atoms with Crippen LogP contribution in [0.5, 0.6) is 0 Å². The van der Waals surface area contributed by atoms with E-state index in [2.05, 4.69) is 58.5 Å². The third-order valence-electron chi connectivity index (χ3n) is 4.07. The summed E-state index contributed by atoms with van der Waals surface area (Å²) in [4.78, 5) is 0. The summed E-state index contributed by atoms with van der Waals surface area (Å²) in [7, 11) is 0. The predicted molar refractivity (Wildman–Crippen MR) is 80.9 cm³/mol. The standard InChI is InChI=1S/C18H24/c1-13(2)6-7-14(3)15-8-9-17-16(12-15)10-11-18(17,4)5/h7-9,12H,1,6,10-11H2,2-5H3/b14-7+. The van der Waals surface area contributed by atoms with E-state index in [1.54, 1.807) is 11.1 Å².